The quantitative estimate of drug-likeness (QED) is 0.0611. The smallest absolute Gasteiger partial charge is 0.388 e. The summed E-state index contributed by atoms with van der Waals surface area (Å²) < 4.78 is 128. The van der Waals surface area contributed by atoms with Crippen LogP contribution in [0.2, 0.25) is 10.0 Å². The van der Waals surface area contributed by atoms with E-state index in [2.05, 4.69) is 50.7 Å². The molecule has 1 aliphatic heterocycles. The molecule has 80 heavy (non-hydrogen) atoms. The van der Waals surface area contributed by atoms with Crippen LogP contribution in [0, 0.1) is 12.3 Å². The fourth-order valence-corrected chi connectivity index (χ4v) is 9.05. The van der Waals surface area contributed by atoms with Gasteiger partial charge in [-0.3, -0.25) is 20.0 Å². The van der Waals surface area contributed by atoms with Crippen molar-refractivity contribution in [3.05, 3.63) is 104 Å². The zero-order valence-corrected chi connectivity index (χ0v) is 44.5. The van der Waals surface area contributed by atoms with Crippen molar-refractivity contribution in [2.75, 3.05) is 45.6 Å². The lowest BCUT2D eigenvalue weighted by molar-refractivity contribution is -0.0579. The molecule has 0 spiro atoms. The van der Waals surface area contributed by atoms with Gasteiger partial charge in [-0.15, -0.1) is 11.5 Å². The number of aromatic carboxylic acids is 1. The number of benzene rings is 2. The topological polar surface area (TPSA) is 359 Å². The Hall–Kier alpha value is -9.07. The molecule has 0 fully saturated rings. The van der Waals surface area contributed by atoms with Gasteiger partial charge >= 0.3 is 36.9 Å². The van der Waals surface area contributed by atoms with Crippen molar-refractivity contribution in [3.8, 4) is 47.3 Å². The van der Waals surface area contributed by atoms with Gasteiger partial charge in [-0.1, -0.05) is 41.3 Å². The normalized spacial score (nSPS) is 11.7. The number of pyridine rings is 1. The molecule has 0 radical (unpaired) electrons. The van der Waals surface area contributed by atoms with Crippen LogP contribution in [0.4, 0.5) is 39.0 Å². The van der Waals surface area contributed by atoms with Crippen LogP contribution >= 0.6 is 23.2 Å². The number of nitrogens with one attached hydrogen (secondary N) is 4. The van der Waals surface area contributed by atoms with Gasteiger partial charge in [0.1, 0.15) is 23.1 Å². The van der Waals surface area contributed by atoms with Crippen LogP contribution in [0.25, 0.3) is 5.69 Å². The lowest BCUT2D eigenvalue weighted by atomic mass is 10.2. The number of anilines is 2. The van der Waals surface area contributed by atoms with Crippen LogP contribution in [0.5, 0.6) is 29.3 Å². The molecule has 426 valence electrons. The lowest BCUT2D eigenvalue weighted by Gasteiger charge is -2.14. The highest BCUT2D eigenvalue weighted by atomic mass is 35.5. The average Bonchev–Trinajstić information content (AvgIpc) is 3.78. The predicted octanol–water partition coefficient (Wildman–Crippen LogP) is 4.68. The number of carbonyl (C=O) groups is 4. The summed E-state index contributed by atoms with van der Waals surface area (Å²) in [5, 5.41) is 17.3. The Morgan fingerprint density at radius 2 is 1.34 bits per heavy atom. The third-order valence-corrected chi connectivity index (χ3v) is 13.0. The number of terminal acetylenes is 1. The first-order chi connectivity index (χ1) is 37.8. The Morgan fingerprint density at radius 3 is 1.88 bits per heavy atom. The van der Waals surface area contributed by atoms with Crippen LogP contribution < -0.4 is 49.5 Å². The van der Waals surface area contributed by atoms with Crippen molar-refractivity contribution < 1.29 is 82.4 Å². The number of fused-ring (bicyclic) bond motifs is 1. The molecule has 2 aromatic carbocycles. The molecule has 36 heteroatoms. The third kappa shape index (κ3) is 16.7. The minimum Gasteiger partial charge on any atom is -0.481 e. The Morgan fingerprint density at radius 1 is 0.787 bits per heavy atom. The van der Waals surface area contributed by atoms with Crippen molar-refractivity contribution in [2.45, 2.75) is 49.0 Å². The minimum absolute atomic E-state index is 0.0788. The van der Waals surface area contributed by atoms with Gasteiger partial charge in [0.15, 0.2) is 5.03 Å². The van der Waals surface area contributed by atoms with E-state index in [9.17, 15) is 58.4 Å². The molecule has 7 rings (SSSR count). The highest BCUT2D eigenvalue weighted by molar-refractivity contribution is 7.90. The number of carboxylic acids is 1. The number of sulfonamides is 2. The Bertz CT molecular complexity index is 3560. The SMILES string of the molecule is C#CCOc1cc(-n2nc3n(c2=O)CCCC3)c(Cl)cc1Cl.COc1cc(OC)nc(NC(=O)NS(=O)(=O)c2ncccc2C(=O)N(C)C)n1.O=C(Nc1nc(OC(F)F)cc(OC(F)F)n1)NS(=O)(=O)c1ccccc1C(=O)O. The van der Waals surface area contributed by atoms with E-state index in [1.54, 1.807) is 20.7 Å². The summed E-state index contributed by atoms with van der Waals surface area (Å²) in [5.41, 5.74) is -0.604. The summed E-state index contributed by atoms with van der Waals surface area (Å²) in [7, 11) is -3.56. The lowest BCUT2D eigenvalue weighted by Crippen LogP contribution is -2.36. The molecule has 6 aromatic rings. The number of alkyl halides is 4. The van der Waals surface area contributed by atoms with Crippen molar-refractivity contribution in [3.63, 3.8) is 0 Å². The van der Waals surface area contributed by atoms with Gasteiger partial charge in [0, 0.05) is 39.3 Å². The molecule has 1 aliphatic rings. The summed E-state index contributed by atoms with van der Waals surface area (Å²) in [5.74, 6) is -1.61. The molecule has 5 amide bonds. The highest BCUT2D eigenvalue weighted by Crippen LogP contribution is 2.33. The largest absolute Gasteiger partial charge is 0.481 e. The van der Waals surface area contributed by atoms with E-state index in [-0.39, 0.29) is 35.6 Å². The maximum Gasteiger partial charge on any atom is 0.388 e. The molecule has 0 unspecified atom stereocenters. The third-order valence-electron chi connectivity index (χ3n) is 9.68. The van der Waals surface area contributed by atoms with Crippen LogP contribution in [0.15, 0.2) is 81.6 Å². The summed E-state index contributed by atoms with van der Waals surface area (Å²) >= 11 is 12.3. The molecule has 4 aromatic heterocycles. The fraction of sp³-hybridized carbons (Fsp3) is 0.250. The summed E-state index contributed by atoms with van der Waals surface area (Å²) in [6.07, 6.45) is 9.16. The number of urea groups is 2. The Labute approximate surface area is 459 Å². The molecule has 0 saturated heterocycles. The number of aryl methyl sites for hydroxylation is 1. The predicted molar refractivity (Wildman–Crippen MR) is 270 cm³/mol. The number of hydrogen-bond donors (Lipinski definition) is 5. The second kappa shape index (κ2) is 27.5. The van der Waals surface area contributed by atoms with Gasteiger partial charge in [-0.2, -0.15) is 50.6 Å². The average molecular weight is 1200 g/mol. The number of nitrogens with zero attached hydrogens (tertiary/aromatic N) is 9. The first kappa shape index (κ1) is 61.8. The Kier molecular flexibility index (Phi) is 21.2. The van der Waals surface area contributed by atoms with Crippen LogP contribution in [-0.4, -0.2) is 138 Å². The molecule has 0 atom stereocenters. The summed E-state index contributed by atoms with van der Waals surface area (Å²) in [4.78, 5) is 78.3. The number of methoxy groups -OCH3 is 2. The van der Waals surface area contributed by atoms with Crippen LogP contribution in [-0.2, 0) is 33.0 Å². The van der Waals surface area contributed by atoms with E-state index in [1.165, 1.54) is 85.2 Å². The number of carbonyl (C=O) groups excluding carboxylic acids is 3. The van der Waals surface area contributed by atoms with Gasteiger partial charge in [0.05, 0.1) is 53.2 Å². The van der Waals surface area contributed by atoms with E-state index in [0.29, 0.717) is 34.1 Å². The first-order valence-electron chi connectivity index (χ1n) is 21.9. The molecule has 28 nitrogen and oxygen atoms in total. The summed E-state index contributed by atoms with van der Waals surface area (Å²) in [6.45, 7) is -6.06. The van der Waals surface area contributed by atoms with E-state index in [4.69, 9.17) is 48.9 Å². The number of hydrogen-bond acceptors (Lipinski definition) is 20. The van der Waals surface area contributed by atoms with Crippen LogP contribution in [0.1, 0.15) is 39.4 Å². The number of ether oxygens (including phenoxy) is 5. The first-order valence-corrected chi connectivity index (χ1v) is 25.7. The van der Waals surface area contributed by atoms with Gasteiger partial charge in [-0.05, 0) is 43.2 Å². The van der Waals surface area contributed by atoms with Crippen molar-refractivity contribution in [1.82, 2.24) is 53.6 Å². The number of rotatable bonds is 17. The monoisotopic (exact) mass is 1200 g/mol. The molecule has 0 aliphatic carbocycles. The molecular weight excluding hydrogens is 1160 g/mol. The van der Waals surface area contributed by atoms with E-state index in [1.807, 2.05) is 0 Å². The maximum absolute atomic E-state index is 12.5. The molecule has 5 heterocycles. The van der Waals surface area contributed by atoms with E-state index < -0.39 is 90.4 Å². The standard InChI is InChI=1S/C15H13Cl2N3O2.C15H18N6O6S.C14H10F4N4O7S/c1-2-7-22-13-9-12(10(16)8-11(13)17)20-15(21)19-6-4-3-5-14(19)18-20;1-21(2)13(22)9-6-5-7-16-12(9)28(24,25)20-15(23)19-14-17-10(26-3)8-11(18-14)27-4;15-11(16)28-8-5-9(29-12(17)18)20-13(19-8)21-14(25)22-30(26,27)7-4-2-1-3-6(7)10(23)24/h1,8-9H,3-7H2;5-8H,1-4H3,(H2,17,18,19,20,23);1-5,11-12H,(H,23,24)(H2,19,20,21,22,25). The highest BCUT2D eigenvalue weighted by Gasteiger charge is 2.28. The molecular formula is C44H41Cl2F4N13O15S2. The van der Waals surface area contributed by atoms with Gasteiger partial charge < -0.3 is 33.7 Å². The fourth-order valence-electron chi connectivity index (χ4n) is 6.39. The number of halogens is 6. The van der Waals surface area contributed by atoms with E-state index in [0.717, 1.165) is 37.2 Å². The number of carboxylic acid groups (broad SMARTS) is 1. The zero-order valence-electron chi connectivity index (χ0n) is 41.4. The molecule has 0 bridgehead atoms. The number of amides is 5. The minimum atomic E-state index is -4.71. The molecule has 0 saturated carbocycles. The van der Waals surface area contributed by atoms with Gasteiger partial charge in [0.25, 0.3) is 26.0 Å². The molecule has 5 N–H and O–H groups in total. The van der Waals surface area contributed by atoms with Crippen molar-refractivity contribution in [1.29, 1.82) is 0 Å². The second-order valence-corrected chi connectivity index (χ2v) is 19.4. The van der Waals surface area contributed by atoms with Gasteiger partial charge in [0.2, 0.25) is 35.4 Å². The maximum atomic E-state index is 12.5. The summed E-state index contributed by atoms with van der Waals surface area (Å²) in [6, 6.07) is 9.24. The van der Waals surface area contributed by atoms with Crippen molar-refractivity contribution >= 4 is 79.1 Å². The zero-order chi connectivity index (χ0) is 59.1. The van der Waals surface area contributed by atoms with Gasteiger partial charge in [-0.25, -0.2) is 42.0 Å². The second-order valence-electron chi connectivity index (χ2n) is 15.3. The van der Waals surface area contributed by atoms with Crippen LogP contribution in [0.3, 0.4) is 0 Å². The van der Waals surface area contributed by atoms with E-state index >= 15 is 0 Å². The van der Waals surface area contributed by atoms with Crippen molar-refractivity contribution in [2.24, 2.45) is 0 Å². The number of aromatic nitrogens is 8. The Balaban J connectivity index is 0.000000223.